The largest absolute Gasteiger partial charge is 0.419 e. The van der Waals surface area contributed by atoms with Crippen LogP contribution >= 0.6 is 0 Å². The molecule has 1 amide bonds. The fourth-order valence-corrected chi connectivity index (χ4v) is 4.62. The number of piperidine rings is 1. The van der Waals surface area contributed by atoms with Crippen LogP contribution in [0.25, 0.3) is 0 Å². The van der Waals surface area contributed by atoms with Crippen molar-refractivity contribution in [1.82, 2.24) is 19.8 Å². The van der Waals surface area contributed by atoms with Crippen LogP contribution in [-0.2, 0) is 35.0 Å². The maximum atomic E-state index is 13.7. The van der Waals surface area contributed by atoms with Gasteiger partial charge in [-0.05, 0) is 74.0 Å². The highest BCUT2D eigenvalue weighted by Gasteiger charge is 2.35. The Morgan fingerprint density at radius 2 is 1.82 bits per heavy atom. The molecule has 4 rings (SSSR count). The number of primary amides is 1. The molecule has 1 aliphatic rings. The second-order valence-corrected chi connectivity index (χ2v) is 9.15. The number of aromatic nitrogens is 3. The molecule has 1 fully saturated rings. The molecule has 8 nitrogen and oxygen atoms in total. The van der Waals surface area contributed by atoms with Crippen molar-refractivity contribution in [3.63, 3.8) is 0 Å². The Bertz CT molecular complexity index is 1260. The van der Waals surface area contributed by atoms with Gasteiger partial charge in [0.15, 0.2) is 0 Å². The molecule has 0 saturated carbocycles. The number of nitrogens with one attached hydrogen (secondary N) is 1. The number of carbonyl (C=O) groups is 2. The third kappa shape index (κ3) is 7.15. The van der Waals surface area contributed by atoms with Crippen LogP contribution in [0.4, 0.5) is 24.8 Å². The first kappa shape index (κ1) is 27.2. The van der Waals surface area contributed by atoms with Gasteiger partial charge in [0, 0.05) is 23.8 Å². The lowest BCUT2D eigenvalue weighted by Crippen LogP contribution is -2.36. The summed E-state index contributed by atoms with van der Waals surface area (Å²) in [5.74, 6) is -0.117. The Morgan fingerprint density at radius 1 is 1.11 bits per heavy atom. The monoisotopic (exact) mass is 523 g/mol. The zero-order valence-corrected chi connectivity index (χ0v) is 20.6. The number of nitrogens with two attached hydrogens (primary N) is 1. The fourth-order valence-electron chi connectivity index (χ4n) is 4.62. The Labute approximate surface area is 219 Å². The molecule has 3 N–H and O–H groups in total. The van der Waals surface area contributed by atoms with Gasteiger partial charge in [-0.3, -0.25) is 9.78 Å². The molecule has 1 saturated heterocycles. The van der Waals surface area contributed by atoms with Gasteiger partial charge < -0.3 is 20.7 Å². The molecule has 3 aromatic rings. The Hall–Kier alpha value is -3.80. The standard InChI is InChI=1S/C26H27BF3N6O2/c28-26(29,30)21-15-33-25(35-23(21)8-7-22-19(14-24(31)38)2-1-11-32-22)34-20-5-3-17(4-6-20)18-9-12-36(13-10-18)27-16-37/h1-6,11,15-16,18H,7-10,12-14H2,(H2,31,38)(H,33,34,35). The van der Waals surface area contributed by atoms with Gasteiger partial charge in [0.1, 0.15) is 0 Å². The molecule has 0 bridgehead atoms. The van der Waals surface area contributed by atoms with Crippen molar-refractivity contribution in [2.24, 2.45) is 5.73 Å². The van der Waals surface area contributed by atoms with Crippen molar-refractivity contribution in [2.75, 3.05) is 18.4 Å². The summed E-state index contributed by atoms with van der Waals surface area (Å²) < 4.78 is 41.0. The fraction of sp³-hybridized carbons (Fsp3) is 0.346. The van der Waals surface area contributed by atoms with E-state index in [9.17, 15) is 22.8 Å². The number of anilines is 2. The van der Waals surface area contributed by atoms with E-state index in [-0.39, 0.29) is 30.9 Å². The van der Waals surface area contributed by atoms with E-state index in [2.05, 4.69) is 20.3 Å². The molecular formula is C26H27BF3N6O2. The zero-order chi connectivity index (χ0) is 27.1. The van der Waals surface area contributed by atoms with E-state index < -0.39 is 17.6 Å². The molecular weight excluding hydrogens is 496 g/mol. The van der Waals surface area contributed by atoms with E-state index >= 15 is 0 Å². The van der Waals surface area contributed by atoms with Crippen LogP contribution in [0.2, 0.25) is 0 Å². The minimum atomic E-state index is -4.62. The number of pyridine rings is 1. The van der Waals surface area contributed by atoms with Gasteiger partial charge in [0.05, 0.1) is 23.9 Å². The van der Waals surface area contributed by atoms with Crippen LogP contribution in [0.1, 0.15) is 46.8 Å². The molecule has 1 radical (unpaired) electrons. The maximum absolute atomic E-state index is 13.7. The van der Waals surface area contributed by atoms with E-state index in [1.807, 2.05) is 29.1 Å². The number of nitrogens with zero attached hydrogens (tertiary/aromatic N) is 4. The third-order valence-electron chi connectivity index (χ3n) is 6.56. The minimum Gasteiger partial charge on any atom is -0.369 e. The Morgan fingerprint density at radius 3 is 2.47 bits per heavy atom. The Balaban J connectivity index is 1.47. The molecule has 1 aliphatic heterocycles. The van der Waals surface area contributed by atoms with Gasteiger partial charge in [-0.1, -0.05) is 18.2 Å². The normalized spacial score (nSPS) is 14.7. The van der Waals surface area contributed by atoms with Crippen LogP contribution < -0.4 is 11.1 Å². The second-order valence-electron chi connectivity index (χ2n) is 9.15. The molecule has 12 heteroatoms. The number of benzene rings is 1. The van der Waals surface area contributed by atoms with Crippen LogP contribution in [0.15, 0.2) is 48.8 Å². The number of hydrogen-bond acceptors (Lipinski definition) is 7. The predicted molar refractivity (Wildman–Crippen MR) is 137 cm³/mol. The highest BCUT2D eigenvalue weighted by molar-refractivity contribution is 6.64. The average Bonchev–Trinajstić information content (AvgIpc) is 2.88. The average molecular weight is 523 g/mol. The van der Waals surface area contributed by atoms with Crippen molar-refractivity contribution in [3.8, 4) is 0 Å². The molecule has 3 heterocycles. The van der Waals surface area contributed by atoms with E-state index in [0.717, 1.165) is 43.9 Å². The van der Waals surface area contributed by atoms with Gasteiger partial charge in [0.25, 0.3) is 7.41 Å². The summed E-state index contributed by atoms with van der Waals surface area (Å²) in [4.78, 5) is 36.3. The predicted octanol–water partition coefficient (Wildman–Crippen LogP) is 3.44. The van der Waals surface area contributed by atoms with E-state index in [1.165, 1.54) is 6.20 Å². The number of alkyl halides is 3. The summed E-state index contributed by atoms with van der Waals surface area (Å²) >= 11 is 0. The van der Waals surface area contributed by atoms with Crippen molar-refractivity contribution < 1.29 is 22.8 Å². The summed E-state index contributed by atoms with van der Waals surface area (Å²) in [5.41, 5.74) is 7.10. The van der Waals surface area contributed by atoms with E-state index in [4.69, 9.17) is 5.73 Å². The number of amides is 1. The maximum Gasteiger partial charge on any atom is 0.419 e. The smallest absolute Gasteiger partial charge is 0.369 e. The summed E-state index contributed by atoms with van der Waals surface area (Å²) in [7, 11) is 1.57. The van der Waals surface area contributed by atoms with Crippen LogP contribution in [-0.4, -0.2) is 52.4 Å². The van der Waals surface area contributed by atoms with Gasteiger partial charge in [-0.15, -0.1) is 0 Å². The van der Waals surface area contributed by atoms with Crippen molar-refractivity contribution >= 4 is 31.1 Å². The summed E-state index contributed by atoms with van der Waals surface area (Å²) in [5, 5.41) is 2.99. The number of hydrogen-bond donors (Lipinski definition) is 2. The SMILES string of the molecule is NC(=O)Cc1cccnc1CCc1nc(Nc2ccc(C3CCN([B]C=O)CC3)cc2)ncc1C(F)(F)F. The third-order valence-corrected chi connectivity index (χ3v) is 6.56. The molecule has 2 aromatic heterocycles. The number of rotatable bonds is 10. The highest BCUT2D eigenvalue weighted by Crippen LogP contribution is 2.33. The van der Waals surface area contributed by atoms with Gasteiger partial charge in [-0.25, -0.2) is 9.97 Å². The first-order valence-corrected chi connectivity index (χ1v) is 12.3. The number of carbonyl (C=O) groups excluding carboxylic acids is 2. The van der Waals surface area contributed by atoms with Crippen LogP contribution in [0, 0.1) is 0 Å². The molecule has 0 spiro atoms. The summed E-state index contributed by atoms with van der Waals surface area (Å²) in [6.45, 7) is 1.63. The lowest BCUT2D eigenvalue weighted by Gasteiger charge is -2.30. The van der Waals surface area contributed by atoms with E-state index in [0.29, 0.717) is 22.9 Å². The molecule has 0 unspecified atom stereocenters. The first-order valence-electron chi connectivity index (χ1n) is 12.3. The number of halogens is 3. The topological polar surface area (TPSA) is 114 Å². The first-order chi connectivity index (χ1) is 18.2. The van der Waals surface area contributed by atoms with Crippen LogP contribution in [0.3, 0.4) is 0 Å². The molecule has 38 heavy (non-hydrogen) atoms. The highest BCUT2D eigenvalue weighted by atomic mass is 19.4. The summed E-state index contributed by atoms with van der Waals surface area (Å²) in [6.07, 6.45) is 0.414. The van der Waals surface area contributed by atoms with Gasteiger partial charge >= 0.3 is 6.18 Å². The Kier molecular flexibility index (Phi) is 8.72. The van der Waals surface area contributed by atoms with Crippen LogP contribution in [0.5, 0.6) is 0 Å². The zero-order valence-electron chi connectivity index (χ0n) is 20.6. The molecule has 0 atom stereocenters. The second kappa shape index (κ2) is 12.2. The molecule has 197 valence electrons. The van der Waals surface area contributed by atoms with Gasteiger partial charge in [-0.2, -0.15) is 13.2 Å². The van der Waals surface area contributed by atoms with Crippen molar-refractivity contribution in [2.45, 2.75) is 44.2 Å². The van der Waals surface area contributed by atoms with E-state index in [1.54, 1.807) is 19.5 Å². The quantitative estimate of drug-likeness (QED) is 0.309. The summed E-state index contributed by atoms with van der Waals surface area (Å²) in [6, 6.07) is 11.0. The van der Waals surface area contributed by atoms with Gasteiger partial charge in [0.2, 0.25) is 11.9 Å². The lowest BCUT2D eigenvalue weighted by atomic mass is 9.84. The van der Waals surface area contributed by atoms with Crippen molar-refractivity contribution in [1.29, 1.82) is 0 Å². The minimum absolute atomic E-state index is 0.0435. The lowest BCUT2D eigenvalue weighted by molar-refractivity contribution is -0.138. The van der Waals surface area contributed by atoms with Crippen molar-refractivity contribution in [3.05, 3.63) is 76.9 Å². The molecule has 1 aromatic carbocycles. The molecule has 0 aliphatic carbocycles. The number of aryl methyl sites for hydroxylation is 2.